The Morgan fingerprint density at radius 3 is 2.26 bits per heavy atom. The zero-order valence-electron chi connectivity index (χ0n) is 23.6. The molecule has 212 valence electrons. The minimum atomic E-state index is -0.750. The second-order valence-electron chi connectivity index (χ2n) is 11.9. The lowest BCUT2D eigenvalue weighted by Gasteiger charge is -2.45. The summed E-state index contributed by atoms with van der Waals surface area (Å²) >= 11 is 0. The van der Waals surface area contributed by atoms with Crippen LogP contribution in [0.2, 0.25) is 0 Å². The number of halogens is 2. The highest BCUT2D eigenvalue weighted by Crippen LogP contribution is 2.32. The Hall–Kier alpha value is -2.71. The Balaban J connectivity index is 1.43. The van der Waals surface area contributed by atoms with E-state index in [0.717, 1.165) is 32.1 Å². The Morgan fingerprint density at radius 1 is 1.13 bits per heavy atom. The Bertz CT molecular complexity index is 988. The first kappa shape index (κ1) is 29.8. The molecule has 0 spiro atoms. The van der Waals surface area contributed by atoms with E-state index in [2.05, 4.69) is 25.8 Å². The third-order valence-corrected chi connectivity index (χ3v) is 7.84. The van der Waals surface area contributed by atoms with Crippen LogP contribution in [0, 0.1) is 34.8 Å². The summed E-state index contributed by atoms with van der Waals surface area (Å²) in [6.45, 7) is 13.0. The molecule has 1 atom stereocenters. The number of likely N-dealkylation sites (tertiary alicyclic amines) is 2. The van der Waals surface area contributed by atoms with Crippen molar-refractivity contribution in [3.63, 3.8) is 0 Å². The lowest BCUT2D eigenvalue weighted by molar-refractivity contribution is -0.140. The molecule has 0 saturated carbocycles. The molecule has 2 saturated heterocycles. The molecule has 0 radical (unpaired) electrons. The largest absolute Gasteiger partial charge is 0.493 e. The minimum absolute atomic E-state index is 0.0429. The van der Waals surface area contributed by atoms with Crippen molar-refractivity contribution in [3.8, 4) is 5.75 Å². The Labute approximate surface area is 225 Å². The summed E-state index contributed by atoms with van der Waals surface area (Å²) in [5, 5.41) is 0. The molecular formula is C29H44F2N4O3. The fourth-order valence-electron chi connectivity index (χ4n) is 5.44. The molecule has 3 rings (SSSR count). The number of nitrogens with zero attached hydrogens (tertiary/aromatic N) is 3. The van der Waals surface area contributed by atoms with Crippen molar-refractivity contribution in [1.29, 1.82) is 0 Å². The van der Waals surface area contributed by atoms with Gasteiger partial charge in [-0.1, -0.05) is 41.0 Å². The molecule has 2 aliphatic heterocycles. The summed E-state index contributed by atoms with van der Waals surface area (Å²) in [5.74, 6) is -0.205. The summed E-state index contributed by atoms with van der Waals surface area (Å²) in [4.78, 5) is 32.1. The highest BCUT2D eigenvalue weighted by Gasteiger charge is 2.37. The number of nitrogens with two attached hydrogens (primary N) is 1. The van der Waals surface area contributed by atoms with Crippen molar-refractivity contribution in [3.05, 3.63) is 29.3 Å². The third-order valence-electron chi connectivity index (χ3n) is 7.84. The number of amides is 3. The highest BCUT2D eigenvalue weighted by molar-refractivity contribution is 5.93. The molecule has 1 aromatic carbocycles. The lowest BCUT2D eigenvalue weighted by Crippen LogP contribution is -2.55. The van der Waals surface area contributed by atoms with Gasteiger partial charge >= 0.3 is 6.03 Å². The van der Waals surface area contributed by atoms with E-state index < -0.39 is 11.6 Å². The van der Waals surface area contributed by atoms with Gasteiger partial charge in [0.05, 0.1) is 13.0 Å². The number of amidine groups is 1. The van der Waals surface area contributed by atoms with Crippen LogP contribution in [0.1, 0.15) is 72.3 Å². The van der Waals surface area contributed by atoms with Crippen molar-refractivity contribution < 1.29 is 23.1 Å². The second-order valence-corrected chi connectivity index (χ2v) is 11.9. The van der Waals surface area contributed by atoms with E-state index in [1.807, 2.05) is 13.8 Å². The van der Waals surface area contributed by atoms with Crippen molar-refractivity contribution in [2.75, 3.05) is 32.8 Å². The Morgan fingerprint density at radius 2 is 1.74 bits per heavy atom. The number of hydrogen-bond acceptors (Lipinski definition) is 3. The first-order valence-electron chi connectivity index (χ1n) is 13.9. The molecule has 9 heteroatoms. The first-order valence-corrected chi connectivity index (χ1v) is 13.9. The maximum Gasteiger partial charge on any atom is 0.345 e. The number of carbonyl (C=O) groups is 2. The molecule has 2 N–H and O–H groups in total. The molecule has 7 nitrogen and oxygen atoms in total. The predicted molar refractivity (Wildman–Crippen MR) is 145 cm³/mol. The quantitative estimate of drug-likeness (QED) is 0.247. The number of aliphatic imine (C=N–C) groups is 1. The van der Waals surface area contributed by atoms with Gasteiger partial charge in [-0.15, -0.1) is 0 Å². The summed E-state index contributed by atoms with van der Waals surface area (Å²) in [5.41, 5.74) is 5.69. The maximum absolute atomic E-state index is 14.6. The number of hydrogen-bond donors (Lipinski definition) is 1. The van der Waals surface area contributed by atoms with Gasteiger partial charge < -0.3 is 20.3 Å². The van der Waals surface area contributed by atoms with E-state index in [1.165, 1.54) is 12.1 Å². The number of carbonyl (C=O) groups excluding carboxylic acids is 2. The van der Waals surface area contributed by atoms with Crippen LogP contribution in [0.25, 0.3) is 0 Å². The normalized spacial score (nSPS) is 18.9. The van der Waals surface area contributed by atoms with Gasteiger partial charge in [-0.25, -0.2) is 13.6 Å². The highest BCUT2D eigenvalue weighted by atomic mass is 19.1. The van der Waals surface area contributed by atoms with Crippen molar-refractivity contribution in [2.45, 2.75) is 73.1 Å². The van der Waals surface area contributed by atoms with Gasteiger partial charge in [0.15, 0.2) is 0 Å². The smallest absolute Gasteiger partial charge is 0.345 e. The Kier molecular flexibility index (Phi) is 10.1. The van der Waals surface area contributed by atoms with Crippen molar-refractivity contribution >= 4 is 17.8 Å². The van der Waals surface area contributed by atoms with E-state index in [0.29, 0.717) is 50.5 Å². The van der Waals surface area contributed by atoms with E-state index in [1.54, 1.807) is 9.80 Å². The van der Waals surface area contributed by atoms with Crippen LogP contribution in [0.3, 0.4) is 0 Å². The van der Waals surface area contributed by atoms with Gasteiger partial charge in [0.2, 0.25) is 5.91 Å². The van der Waals surface area contributed by atoms with Crippen LogP contribution in [0.15, 0.2) is 17.1 Å². The van der Waals surface area contributed by atoms with Crippen molar-refractivity contribution in [2.24, 2.45) is 33.9 Å². The monoisotopic (exact) mass is 534 g/mol. The lowest BCUT2D eigenvalue weighted by atomic mass is 9.80. The van der Waals surface area contributed by atoms with E-state index in [-0.39, 0.29) is 41.0 Å². The van der Waals surface area contributed by atoms with Crippen LogP contribution in [0.4, 0.5) is 13.6 Å². The van der Waals surface area contributed by atoms with Crippen LogP contribution >= 0.6 is 0 Å². The average Bonchev–Trinajstić information content (AvgIpc) is 2.84. The molecule has 38 heavy (non-hydrogen) atoms. The molecule has 0 unspecified atom stereocenters. The summed E-state index contributed by atoms with van der Waals surface area (Å²) in [6, 6.07) is 2.09. The molecule has 3 amide bonds. The number of urea groups is 1. The fourth-order valence-corrected chi connectivity index (χ4v) is 5.44. The van der Waals surface area contributed by atoms with Gasteiger partial charge in [0, 0.05) is 49.8 Å². The zero-order valence-corrected chi connectivity index (χ0v) is 23.6. The SMILES string of the molecule is CC[C@@H](CCCOc1cc(F)c(CC(=O)N2CC(C)(C)C2)c(F)c1)C1CCN(C(=O)/N=C(\N)C(C)C)CC1. The number of benzene rings is 1. The molecule has 0 aliphatic carbocycles. The zero-order chi connectivity index (χ0) is 28.0. The number of rotatable bonds is 10. The summed E-state index contributed by atoms with van der Waals surface area (Å²) in [6.07, 6.45) is 4.30. The molecule has 2 aliphatic rings. The number of ether oxygens (including phenoxy) is 1. The molecule has 0 aromatic heterocycles. The molecule has 2 fully saturated rings. The standard InChI is InChI=1S/C29H44F2N4O3/c1-6-20(21-9-11-34(12-10-21)28(37)33-27(32)19(2)3)8-7-13-38-22-14-24(30)23(25(31)15-22)16-26(36)35-17-29(4,5)18-35/h14-15,19-21H,6-13,16-18H2,1-5H3,(H2,32,33,37)/t20-/m0/s1. The summed E-state index contributed by atoms with van der Waals surface area (Å²) < 4.78 is 34.9. The fraction of sp³-hybridized carbons (Fsp3) is 0.690. The minimum Gasteiger partial charge on any atom is -0.493 e. The molecule has 1 aromatic rings. The summed E-state index contributed by atoms with van der Waals surface area (Å²) in [7, 11) is 0. The van der Waals surface area contributed by atoms with E-state index in [4.69, 9.17) is 10.5 Å². The topological polar surface area (TPSA) is 88.2 Å². The molecule has 2 heterocycles. The maximum atomic E-state index is 14.6. The van der Waals surface area contributed by atoms with Gasteiger partial charge in [-0.3, -0.25) is 4.79 Å². The second kappa shape index (κ2) is 12.9. The third kappa shape index (κ3) is 7.90. The molecule has 0 bridgehead atoms. The van der Waals surface area contributed by atoms with Crippen LogP contribution in [0.5, 0.6) is 5.75 Å². The molecular weight excluding hydrogens is 490 g/mol. The van der Waals surface area contributed by atoms with Gasteiger partial charge in [-0.05, 0) is 42.9 Å². The number of piperidine rings is 1. The van der Waals surface area contributed by atoms with Gasteiger partial charge in [-0.2, -0.15) is 4.99 Å². The van der Waals surface area contributed by atoms with Crippen molar-refractivity contribution in [1.82, 2.24) is 9.80 Å². The predicted octanol–water partition coefficient (Wildman–Crippen LogP) is 5.41. The first-order chi connectivity index (χ1) is 17.9. The van der Waals surface area contributed by atoms with Crippen LogP contribution in [-0.2, 0) is 11.2 Å². The van der Waals surface area contributed by atoms with Gasteiger partial charge in [0.25, 0.3) is 0 Å². The van der Waals surface area contributed by atoms with E-state index >= 15 is 0 Å². The average molecular weight is 535 g/mol. The van der Waals surface area contributed by atoms with E-state index in [9.17, 15) is 18.4 Å². The van der Waals surface area contributed by atoms with Crippen LogP contribution < -0.4 is 10.5 Å². The van der Waals surface area contributed by atoms with Crippen LogP contribution in [-0.4, -0.2) is 60.4 Å². The van der Waals surface area contributed by atoms with Gasteiger partial charge in [0.1, 0.15) is 23.2 Å².